The first-order chi connectivity index (χ1) is 15.8. The summed E-state index contributed by atoms with van der Waals surface area (Å²) < 4.78 is 7.26. The summed E-state index contributed by atoms with van der Waals surface area (Å²) in [6, 6.07) is 5.71. The summed E-state index contributed by atoms with van der Waals surface area (Å²) in [7, 11) is 1.72. The molecule has 1 heterocycles. The number of unbranched alkanes of at least 4 members (excludes halogenated alkanes) is 5. The molecular formula is C28H42N2O3. The second kappa shape index (κ2) is 13.8. The van der Waals surface area contributed by atoms with Crippen molar-refractivity contribution in [2.24, 2.45) is 7.05 Å². The van der Waals surface area contributed by atoms with Crippen LogP contribution in [-0.2, 0) is 7.05 Å². The molecule has 1 aromatic carbocycles. The molecule has 0 saturated heterocycles. The van der Waals surface area contributed by atoms with Crippen LogP contribution in [0.15, 0.2) is 46.3 Å². The van der Waals surface area contributed by atoms with Crippen LogP contribution in [0.5, 0.6) is 11.5 Å². The van der Waals surface area contributed by atoms with Crippen molar-refractivity contribution in [1.82, 2.24) is 4.57 Å². The van der Waals surface area contributed by atoms with Gasteiger partial charge in [0.1, 0.15) is 6.61 Å². The molecule has 2 N–H and O–H groups in total. The quantitative estimate of drug-likeness (QED) is 0.236. The Bertz CT molecular complexity index is 1010. The Morgan fingerprint density at radius 1 is 1.09 bits per heavy atom. The van der Waals surface area contributed by atoms with Gasteiger partial charge in [0.25, 0.3) is 5.56 Å². The third-order valence-corrected chi connectivity index (χ3v) is 5.94. The average Bonchev–Trinajstić information content (AvgIpc) is 2.79. The fraction of sp³-hybridized carbons (Fsp3) is 0.536. The molecule has 1 aromatic heterocycles. The van der Waals surface area contributed by atoms with Crippen molar-refractivity contribution in [3.8, 4) is 11.5 Å². The van der Waals surface area contributed by atoms with E-state index in [4.69, 9.17) is 4.74 Å². The number of ether oxygens (including phenoxy) is 1. The lowest BCUT2D eigenvalue weighted by Crippen LogP contribution is -2.20. The predicted molar refractivity (Wildman–Crippen MR) is 141 cm³/mol. The van der Waals surface area contributed by atoms with Crippen molar-refractivity contribution in [2.75, 3.05) is 18.5 Å². The van der Waals surface area contributed by atoms with Crippen LogP contribution >= 0.6 is 0 Å². The van der Waals surface area contributed by atoms with Crippen molar-refractivity contribution in [2.45, 2.75) is 79.1 Å². The molecule has 0 spiro atoms. The highest BCUT2D eigenvalue weighted by atomic mass is 16.5. The van der Waals surface area contributed by atoms with Gasteiger partial charge in [0.2, 0.25) is 5.75 Å². The first-order valence-corrected chi connectivity index (χ1v) is 12.4. The van der Waals surface area contributed by atoms with Gasteiger partial charge >= 0.3 is 0 Å². The Balaban J connectivity index is 2.03. The van der Waals surface area contributed by atoms with E-state index in [1.54, 1.807) is 11.6 Å². The number of aryl methyl sites for hydroxylation is 1. The summed E-state index contributed by atoms with van der Waals surface area (Å²) in [5, 5.41) is 14.8. The second-order valence-electron chi connectivity index (χ2n) is 9.15. The molecule has 0 radical (unpaired) electrons. The molecule has 0 fully saturated rings. The van der Waals surface area contributed by atoms with E-state index in [9.17, 15) is 9.90 Å². The number of hydrogen-bond acceptors (Lipinski definition) is 4. The van der Waals surface area contributed by atoms with Gasteiger partial charge in [-0.05, 0) is 64.3 Å². The van der Waals surface area contributed by atoms with Crippen molar-refractivity contribution >= 4 is 16.6 Å². The number of rotatable bonds is 14. The Morgan fingerprint density at radius 3 is 2.55 bits per heavy atom. The SMILES string of the molecule is CCCCCCCCNc1ccc2c(O)c(OC/C=C(\C)CCC=C(C)C)c(=O)n(C)c2c1. The highest BCUT2D eigenvalue weighted by Gasteiger charge is 2.16. The molecule has 0 amide bonds. The third kappa shape index (κ3) is 8.30. The average molecular weight is 455 g/mol. The van der Waals surface area contributed by atoms with Gasteiger partial charge in [-0.2, -0.15) is 0 Å². The molecule has 5 nitrogen and oxygen atoms in total. The van der Waals surface area contributed by atoms with Gasteiger partial charge in [0.05, 0.1) is 5.52 Å². The first kappa shape index (κ1) is 26.6. The van der Waals surface area contributed by atoms with E-state index in [0.717, 1.165) is 31.5 Å². The van der Waals surface area contributed by atoms with Gasteiger partial charge in [0.15, 0.2) is 5.75 Å². The summed E-state index contributed by atoms with van der Waals surface area (Å²) in [4.78, 5) is 12.9. The number of fused-ring (bicyclic) bond motifs is 1. The lowest BCUT2D eigenvalue weighted by Gasteiger charge is -2.14. The van der Waals surface area contributed by atoms with Crippen molar-refractivity contribution in [1.29, 1.82) is 0 Å². The van der Waals surface area contributed by atoms with Crippen LogP contribution in [0, 0.1) is 0 Å². The Morgan fingerprint density at radius 2 is 1.82 bits per heavy atom. The number of allylic oxidation sites excluding steroid dienone is 3. The zero-order valence-electron chi connectivity index (χ0n) is 21.2. The van der Waals surface area contributed by atoms with E-state index in [-0.39, 0.29) is 23.7 Å². The zero-order chi connectivity index (χ0) is 24.2. The van der Waals surface area contributed by atoms with E-state index in [0.29, 0.717) is 10.9 Å². The van der Waals surface area contributed by atoms with Crippen LogP contribution in [0.2, 0.25) is 0 Å². The molecule has 0 unspecified atom stereocenters. The van der Waals surface area contributed by atoms with Crippen molar-refractivity contribution in [3.05, 3.63) is 51.9 Å². The Labute approximate surface area is 199 Å². The van der Waals surface area contributed by atoms with E-state index in [1.807, 2.05) is 24.3 Å². The molecule has 0 atom stereocenters. The maximum Gasteiger partial charge on any atom is 0.297 e. The minimum atomic E-state index is -0.330. The maximum atomic E-state index is 12.9. The van der Waals surface area contributed by atoms with Gasteiger partial charge in [-0.15, -0.1) is 0 Å². The van der Waals surface area contributed by atoms with Crippen LogP contribution < -0.4 is 15.6 Å². The van der Waals surface area contributed by atoms with Crippen LogP contribution in [0.1, 0.15) is 79.1 Å². The maximum absolute atomic E-state index is 12.9. The Hall–Kier alpha value is -2.69. The monoisotopic (exact) mass is 454 g/mol. The van der Waals surface area contributed by atoms with Gasteiger partial charge in [-0.25, -0.2) is 0 Å². The molecule has 5 heteroatoms. The summed E-state index contributed by atoms with van der Waals surface area (Å²) in [6.07, 6.45) is 13.6. The van der Waals surface area contributed by atoms with E-state index in [2.05, 4.69) is 39.1 Å². The van der Waals surface area contributed by atoms with Crippen molar-refractivity contribution in [3.63, 3.8) is 0 Å². The highest BCUT2D eigenvalue weighted by molar-refractivity contribution is 5.89. The molecule has 0 saturated carbocycles. The number of aromatic hydroxyl groups is 1. The van der Waals surface area contributed by atoms with E-state index < -0.39 is 0 Å². The minimum Gasteiger partial charge on any atom is -0.504 e. The van der Waals surface area contributed by atoms with E-state index >= 15 is 0 Å². The standard InChI is InChI=1S/C28H42N2O3/c1-6-7-8-9-10-11-18-29-23-15-16-24-25(20-23)30(5)28(32)27(26(24)31)33-19-17-22(4)14-12-13-21(2)3/h13,15-17,20,29,31H,6-12,14,18-19H2,1-5H3/b22-17+. The van der Waals surface area contributed by atoms with Gasteiger partial charge in [-0.3, -0.25) is 4.79 Å². The van der Waals surface area contributed by atoms with E-state index in [1.165, 1.54) is 43.3 Å². The van der Waals surface area contributed by atoms with Crippen LogP contribution in [0.4, 0.5) is 5.69 Å². The van der Waals surface area contributed by atoms with Crippen LogP contribution in [-0.4, -0.2) is 22.8 Å². The second-order valence-corrected chi connectivity index (χ2v) is 9.15. The summed E-state index contributed by atoms with van der Waals surface area (Å²) in [6.45, 7) is 9.63. The molecule has 33 heavy (non-hydrogen) atoms. The third-order valence-electron chi connectivity index (χ3n) is 5.94. The number of nitrogens with one attached hydrogen (secondary N) is 1. The number of nitrogens with zero attached hydrogens (tertiary/aromatic N) is 1. The number of hydrogen-bond donors (Lipinski definition) is 2. The molecule has 2 aromatic rings. The molecule has 0 aliphatic rings. The molecule has 0 aliphatic carbocycles. The lowest BCUT2D eigenvalue weighted by atomic mass is 10.1. The zero-order valence-corrected chi connectivity index (χ0v) is 21.2. The predicted octanol–water partition coefficient (Wildman–Crippen LogP) is 7.09. The number of anilines is 1. The first-order valence-electron chi connectivity index (χ1n) is 12.4. The minimum absolute atomic E-state index is 0.00568. The molecule has 0 aliphatic heterocycles. The summed E-state index contributed by atoms with van der Waals surface area (Å²) in [5.41, 5.74) is 3.82. The number of aromatic nitrogens is 1. The van der Waals surface area contributed by atoms with Crippen molar-refractivity contribution < 1.29 is 9.84 Å². The molecule has 2 rings (SSSR count). The molecule has 0 bridgehead atoms. The lowest BCUT2D eigenvalue weighted by molar-refractivity contribution is 0.330. The largest absolute Gasteiger partial charge is 0.504 e. The topological polar surface area (TPSA) is 63.5 Å². The van der Waals surface area contributed by atoms with Gasteiger partial charge < -0.3 is 19.7 Å². The van der Waals surface area contributed by atoms with Gasteiger partial charge in [0, 0.05) is 24.7 Å². The fourth-order valence-corrected chi connectivity index (χ4v) is 3.83. The highest BCUT2D eigenvalue weighted by Crippen LogP contribution is 2.32. The summed E-state index contributed by atoms with van der Waals surface area (Å²) in [5.74, 6) is -0.0858. The normalized spacial score (nSPS) is 11.6. The number of pyridine rings is 1. The Kier molecular flexibility index (Phi) is 11.1. The van der Waals surface area contributed by atoms with Gasteiger partial charge in [-0.1, -0.05) is 56.3 Å². The van der Waals surface area contributed by atoms with Crippen LogP contribution in [0.3, 0.4) is 0 Å². The summed E-state index contributed by atoms with van der Waals surface area (Å²) >= 11 is 0. The van der Waals surface area contributed by atoms with Crippen LogP contribution in [0.25, 0.3) is 10.9 Å². The molecule has 182 valence electrons. The number of benzene rings is 1. The molecular weight excluding hydrogens is 412 g/mol. The smallest absolute Gasteiger partial charge is 0.297 e. The fourth-order valence-electron chi connectivity index (χ4n) is 3.83.